The minimum absolute atomic E-state index is 0.0284. The van der Waals surface area contributed by atoms with Crippen molar-refractivity contribution in [1.82, 2.24) is 5.32 Å². The van der Waals surface area contributed by atoms with Gasteiger partial charge in [-0.3, -0.25) is 0 Å². The summed E-state index contributed by atoms with van der Waals surface area (Å²) in [6.45, 7) is 2.42. The Bertz CT molecular complexity index is 560. The van der Waals surface area contributed by atoms with E-state index in [0.29, 0.717) is 13.0 Å². The lowest BCUT2D eigenvalue weighted by molar-refractivity contribution is 0.378. The Hall–Kier alpha value is -1.01. The maximum Gasteiger partial charge on any atom is 0.163 e. The minimum Gasteiger partial charge on any atom is -0.310 e. The number of hydrogen-bond acceptors (Lipinski definition) is 3. The molecule has 1 aromatic rings. The third-order valence-corrected chi connectivity index (χ3v) is 5.27. The second-order valence-corrected chi connectivity index (χ2v) is 7.07. The van der Waals surface area contributed by atoms with E-state index in [4.69, 9.17) is 0 Å². The topological polar surface area (TPSA) is 46.2 Å². The number of halogens is 2. The first kappa shape index (κ1) is 14.4. The molecule has 1 aromatic carbocycles. The van der Waals surface area contributed by atoms with E-state index in [1.165, 1.54) is 12.1 Å². The zero-order chi connectivity index (χ0) is 14.0. The highest BCUT2D eigenvalue weighted by Gasteiger charge is 2.35. The standard InChI is InChI=1S/C13H17F2NO2S/c1-2-16-13(9-6-7-19(17,18)8-9)10-4-3-5-11(14)12(10)15/h3-5,9,13,16H,2,6-8H2,1H3. The molecule has 2 rings (SSSR count). The Balaban J connectivity index is 2.33. The van der Waals surface area contributed by atoms with Gasteiger partial charge in [0.2, 0.25) is 0 Å². The third-order valence-electron chi connectivity index (χ3n) is 3.48. The van der Waals surface area contributed by atoms with E-state index in [1.54, 1.807) is 0 Å². The first-order valence-corrected chi connectivity index (χ1v) is 8.14. The molecule has 19 heavy (non-hydrogen) atoms. The van der Waals surface area contributed by atoms with Crippen molar-refractivity contribution in [3.63, 3.8) is 0 Å². The monoisotopic (exact) mass is 289 g/mol. The van der Waals surface area contributed by atoms with Crippen LogP contribution < -0.4 is 5.32 Å². The average Bonchev–Trinajstić information content (AvgIpc) is 2.71. The fourth-order valence-electron chi connectivity index (χ4n) is 2.60. The summed E-state index contributed by atoms with van der Waals surface area (Å²) < 4.78 is 50.2. The molecule has 2 atom stereocenters. The van der Waals surface area contributed by atoms with Crippen LogP contribution in [0.1, 0.15) is 24.9 Å². The van der Waals surface area contributed by atoms with Crippen LogP contribution in [0.5, 0.6) is 0 Å². The molecule has 0 radical (unpaired) electrons. The van der Waals surface area contributed by atoms with Gasteiger partial charge in [-0.2, -0.15) is 0 Å². The molecule has 1 fully saturated rings. The van der Waals surface area contributed by atoms with Gasteiger partial charge in [0.25, 0.3) is 0 Å². The lowest BCUT2D eigenvalue weighted by Gasteiger charge is -2.24. The highest BCUT2D eigenvalue weighted by molar-refractivity contribution is 7.91. The fraction of sp³-hybridized carbons (Fsp3) is 0.538. The molecule has 0 saturated carbocycles. The number of sulfone groups is 1. The summed E-state index contributed by atoms with van der Waals surface area (Å²) in [5, 5.41) is 3.08. The number of rotatable bonds is 4. The molecule has 0 spiro atoms. The molecule has 1 aliphatic heterocycles. The van der Waals surface area contributed by atoms with Crippen molar-refractivity contribution in [3.05, 3.63) is 35.4 Å². The molecule has 2 unspecified atom stereocenters. The second-order valence-electron chi connectivity index (χ2n) is 4.84. The van der Waals surface area contributed by atoms with Crippen molar-refractivity contribution in [2.45, 2.75) is 19.4 Å². The van der Waals surface area contributed by atoms with Crippen molar-refractivity contribution in [1.29, 1.82) is 0 Å². The van der Waals surface area contributed by atoms with Crippen LogP contribution in [0.25, 0.3) is 0 Å². The van der Waals surface area contributed by atoms with Crippen LogP contribution in [0.2, 0.25) is 0 Å². The normalized spacial score (nSPS) is 23.4. The second kappa shape index (κ2) is 5.54. The van der Waals surface area contributed by atoms with E-state index >= 15 is 0 Å². The van der Waals surface area contributed by atoms with Crippen molar-refractivity contribution < 1.29 is 17.2 Å². The summed E-state index contributed by atoms with van der Waals surface area (Å²) in [6.07, 6.45) is 0.482. The fourth-order valence-corrected chi connectivity index (χ4v) is 4.44. The largest absolute Gasteiger partial charge is 0.310 e. The summed E-state index contributed by atoms with van der Waals surface area (Å²) >= 11 is 0. The number of nitrogens with one attached hydrogen (secondary N) is 1. The van der Waals surface area contributed by atoms with Crippen molar-refractivity contribution in [3.8, 4) is 0 Å². The van der Waals surface area contributed by atoms with E-state index in [9.17, 15) is 17.2 Å². The smallest absolute Gasteiger partial charge is 0.163 e. The van der Waals surface area contributed by atoms with Crippen LogP contribution in [0.4, 0.5) is 8.78 Å². The van der Waals surface area contributed by atoms with Gasteiger partial charge < -0.3 is 5.32 Å². The van der Waals surface area contributed by atoms with Gasteiger partial charge in [0.1, 0.15) is 0 Å². The molecule has 0 aromatic heterocycles. The van der Waals surface area contributed by atoms with E-state index in [2.05, 4.69) is 5.32 Å². The number of benzene rings is 1. The zero-order valence-electron chi connectivity index (χ0n) is 10.7. The summed E-state index contributed by atoms with van der Waals surface area (Å²) in [4.78, 5) is 0. The Morgan fingerprint density at radius 2 is 2.16 bits per heavy atom. The number of hydrogen-bond donors (Lipinski definition) is 1. The van der Waals surface area contributed by atoms with Crippen LogP contribution in [-0.4, -0.2) is 26.5 Å². The van der Waals surface area contributed by atoms with Gasteiger partial charge >= 0.3 is 0 Å². The molecule has 1 aliphatic rings. The summed E-state index contributed by atoms with van der Waals surface area (Å²) in [6, 6.07) is 3.56. The first-order valence-electron chi connectivity index (χ1n) is 6.32. The molecule has 1 N–H and O–H groups in total. The molecule has 1 heterocycles. The lowest BCUT2D eigenvalue weighted by atomic mass is 9.92. The molecule has 0 aliphatic carbocycles. The Morgan fingerprint density at radius 1 is 1.42 bits per heavy atom. The van der Waals surface area contributed by atoms with Crippen molar-refractivity contribution in [2.24, 2.45) is 5.92 Å². The molecular weight excluding hydrogens is 272 g/mol. The van der Waals surface area contributed by atoms with Gasteiger partial charge in [-0.15, -0.1) is 0 Å². The molecule has 3 nitrogen and oxygen atoms in total. The molecular formula is C13H17F2NO2S. The van der Waals surface area contributed by atoms with Gasteiger partial charge in [-0.1, -0.05) is 19.1 Å². The van der Waals surface area contributed by atoms with Crippen molar-refractivity contribution >= 4 is 9.84 Å². The average molecular weight is 289 g/mol. The highest BCUT2D eigenvalue weighted by atomic mass is 32.2. The predicted octanol–water partition coefficient (Wildman–Crippen LogP) is 2.05. The predicted molar refractivity (Wildman–Crippen MR) is 69.5 cm³/mol. The minimum atomic E-state index is -3.05. The van der Waals surface area contributed by atoms with E-state index in [0.717, 1.165) is 6.07 Å². The van der Waals surface area contributed by atoms with Crippen molar-refractivity contribution in [2.75, 3.05) is 18.1 Å². The van der Waals surface area contributed by atoms with Gasteiger partial charge in [-0.25, -0.2) is 17.2 Å². The Labute approximate surface area is 111 Å². The zero-order valence-corrected chi connectivity index (χ0v) is 11.5. The summed E-state index contributed by atoms with van der Waals surface area (Å²) in [7, 11) is -3.05. The van der Waals surface area contributed by atoms with Crippen LogP contribution in [0.15, 0.2) is 18.2 Å². The third kappa shape index (κ3) is 3.12. The lowest BCUT2D eigenvalue weighted by Crippen LogP contribution is -2.30. The van der Waals surface area contributed by atoms with Gasteiger partial charge in [0, 0.05) is 11.6 Å². The van der Waals surface area contributed by atoms with Crippen LogP contribution in [0, 0.1) is 17.6 Å². The van der Waals surface area contributed by atoms with Gasteiger partial charge in [-0.05, 0) is 24.9 Å². The molecule has 106 valence electrons. The maximum absolute atomic E-state index is 13.9. The van der Waals surface area contributed by atoms with Gasteiger partial charge in [0.15, 0.2) is 21.5 Å². The maximum atomic E-state index is 13.9. The first-order chi connectivity index (χ1) is 8.94. The van der Waals surface area contributed by atoms with E-state index in [1.807, 2.05) is 6.92 Å². The van der Waals surface area contributed by atoms with Crippen LogP contribution in [-0.2, 0) is 9.84 Å². The molecule has 1 saturated heterocycles. The SMILES string of the molecule is CCNC(c1cccc(F)c1F)C1CCS(=O)(=O)C1. The Kier molecular flexibility index (Phi) is 4.20. The van der Waals surface area contributed by atoms with Crippen LogP contribution in [0.3, 0.4) is 0 Å². The summed E-state index contributed by atoms with van der Waals surface area (Å²) in [5.74, 6) is -1.85. The molecule has 0 bridgehead atoms. The highest BCUT2D eigenvalue weighted by Crippen LogP contribution is 2.33. The van der Waals surface area contributed by atoms with E-state index in [-0.39, 0.29) is 23.0 Å². The van der Waals surface area contributed by atoms with Gasteiger partial charge in [0.05, 0.1) is 11.5 Å². The Morgan fingerprint density at radius 3 is 2.74 bits per heavy atom. The molecule has 6 heteroatoms. The summed E-state index contributed by atoms with van der Waals surface area (Å²) in [5.41, 5.74) is 0.212. The quantitative estimate of drug-likeness (QED) is 0.923. The van der Waals surface area contributed by atoms with Crippen LogP contribution >= 0.6 is 0 Å². The van der Waals surface area contributed by atoms with E-state index < -0.39 is 27.5 Å². The molecule has 0 amide bonds.